The highest BCUT2D eigenvalue weighted by molar-refractivity contribution is 7.47. The zero-order chi connectivity index (χ0) is 41.4. The van der Waals surface area contributed by atoms with Crippen molar-refractivity contribution < 1.29 is 32.9 Å². The van der Waals surface area contributed by atoms with Crippen molar-refractivity contribution in [3.8, 4) is 0 Å². The normalized spacial score (nSPS) is 14.3. The van der Waals surface area contributed by atoms with Crippen LogP contribution in [-0.4, -0.2) is 73.4 Å². The molecule has 0 bridgehead atoms. The summed E-state index contributed by atoms with van der Waals surface area (Å²) in [5, 5.41) is 14.0. The molecule has 0 radical (unpaired) electrons. The van der Waals surface area contributed by atoms with Crippen molar-refractivity contribution in [3.63, 3.8) is 0 Å². The number of quaternary nitrogens is 1. The fourth-order valence-electron chi connectivity index (χ4n) is 7.16. The number of phosphoric acid groups is 1. The molecule has 334 valence electrons. The molecule has 0 aromatic carbocycles. The Balaban J connectivity index is 4.33. The zero-order valence-electron chi connectivity index (χ0n) is 37.9. The minimum Gasteiger partial charge on any atom is -0.391 e. The summed E-state index contributed by atoms with van der Waals surface area (Å²) in [6.07, 6.45) is 45.3. The van der Waals surface area contributed by atoms with Crippen LogP contribution in [0.5, 0.6) is 0 Å². The third kappa shape index (κ3) is 41.4. The molecule has 56 heavy (non-hydrogen) atoms. The lowest BCUT2D eigenvalue weighted by Crippen LogP contribution is -2.46. The van der Waals surface area contributed by atoms with Gasteiger partial charge in [0.25, 0.3) is 0 Å². The molecule has 3 atom stereocenters. The standard InChI is InChI=1S/C47H95N2O6P/c1-6-8-10-12-14-16-18-20-22-24-26-28-30-32-34-36-38-40-46(50)45(44-55-56(52,53)54-43-42-49(3,4)5)48-47(51)41-39-37-35-33-31-29-27-25-23-21-19-17-15-13-11-9-7-2/h30,32,45-46,50H,6-29,31,33-44H2,1-5H3,(H-,48,51,52,53)/p+1/b32-30+/t45-,46+/m0/s1. The number of carbonyl (C=O) groups excluding carboxylic acids is 1. The number of hydrogen-bond donors (Lipinski definition) is 3. The first kappa shape index (κ1) is 55.2. The van der Waals surface area contributed by atoms with Gasteiger partial charge in [0.05, 0.1) is 39.9 Å². The number of unbranched alkanes of at least 4 members (excludes halogenated alkanes) is 29. The van der Waals surface area contributed by atoms with E-state index in [0.717, 1.165) is 44.9 Å². The Hall–Kier alpha value is -0.760. The van der Waals surface area contributed by atoms with Gasteiger partial charge >= 0.3 is 7.82 Å². The van der Waals surface area contributed by atoms with Crippen molar-refractivity contribution in [1.29, 1.82) is 0 Å². The van der Waals surface area contributed by atoms with Gasteiger partial charge in [-0.05, 0) is 38.5 Å². The van der Waals surface area contributed by atoms with Crippen LogP contribution >= 0.6 is 7.82 Å². The van der Waals surface area contributed by atoms with Gasteiger partial charge in [0.2, 0.25) is 5.91 Å². The van der Waals surface area contributed by atoms with E-state index in [9.17, 15) is 19.4 Å². The van der Waals surface area contributed by atoms with Gasteiger partial charge in [-0.1, -0.05) is 199 Å². The van der Waals surface area contributed by atoms with Crippen LogP contribution < -0.4 is 5.32 Å². The highest BCUT2D eigenvalue weighted by Gasteiger charge is 2.28. The second-order valence-corrected chi connectivity index (χ2v) is 19.3. The van der Waals surface area contributed by atoms with E-state index >= 15 is 0 Å². The second kappa shape index (κ2) is 39.7. The van der Waals surface area contributed by atoms with Crippen LogP contribution in [0.2, 0.25) is 0 Å². The quantitative estimate of drug-likeness (QED) is 0.0245. The maximum atomic E-state index is 12.9. The number of aliphatic hydroxyl groups excluding tert-OH is 1. The van der Waals surface area contributed by atoms with E-state index in [2.05, 4.69) is 31.3 Å². The van der Waals surface area contributed by atoms with Gasteiger partial charge in [-0.25, -0.2) is 4.57 Å². The van der Waals surface area contributed by atoms with Crippen LogP contribution in [0.4, 0.5) is 0 Å². The minimum atomic E-state index is -4.32. The SMILES string of the molecule is CCCCCCCCCCCCC/C=C/CCCC[C@@H](O)[C@H](COP(=O)(O)OCC[N+](C)(C)C)NC(=O)CCCCCCCCCCCCCCCCCCC. The minimum absolute atomic E-state index is 0.0724. The van der Waals surface area contributed by atoms with E-state index in [-0.39, 0.29) is 19.1 Å². The molecule has 0 rings (SSSR count). The molecule has 0 saturated heterocycles. The summed E-state index contributed by atoms with van der Waals surface area (Å²) in [5.74, 6) is -0.150. The van der Waals surface area contributed by atoms with Crippen molar-refractivity contribution in [2.75, 3.05) is 40.9 Å². The smallest absolute Gasteiger partial charge is 0.391 e. The molecule has 0 aliphatic carbocycles. The molecule has 1 amide bonds. The van der Waals surface area contributed by atoms with E-state index in [1.54, 1.807) is 0 Å². The summed E-state index contributed by atoms with van der Waals surface area (Å²) in [6.45, 7) is 4.89. The van der Waals surface area contributed by atoms with Crippen molar-refractivity contribution in [1.82, 2.24) is 5.32 Å². The number of phosphoric ester groups is 1. The van der Waals surface area contributed by atoms with Crippen LogP contribution in [0.1, 0.15) is 232 Å². The molecule has 0 aromatic rings. The number of amides is 1. The molecule has 0 aromatic heterocycles. The number of allylic oxidation sites excluding steroid dienone is 2. The van der Waals surface area contributed by atoms with Gasteiger partial charge in [0.1, 0.15) is 13.2 Å². The molecule has 1 unspecified atom stereocenters. The van der Waals surface area contributed by atoms with Gasteiger partial charge in [-0.2, -0.15) is 0 Å². The van der Waals surface area contributed by atoms with Gasteiger partial charge in [0, 0.05) is 6.42 Å². The molecule has 0 heterocycles. The Labute approximate surface area is 348 Å². The fourth-order valence-corrected chi connectivity index (χ4v) is 7.89. The summed E-state index contributed by atoms with van der Waals surface area (Å²) in [6, 6.07) is -0.771. The van der Waals surface area contributed by atoms with Gasteiger partial charge in [-0.15, -0.1) is 0 Å². The predicted octanol–water partition coefficient (Wildman–Crippen LogP) is 13.5. The first-order valence-electron chi connectivity index (χ1n) is 24.1. The highest BCUT2D eigenvalue weighted by atomic mass is 31.2. The third-order valence-electron chi connectivity index (χ3n) is 11.0. The van der Waals surface area contributed by atoms with Crippen molar-refractivity contribution in [2.24, 2.45) is 0 Å². The average Bonchev–Trinajstić information content (AvgIpc) is 3.15. The van der Waals surface area contributed by atoms with Crippen molar-refractivity contribution in [2.45, 2.75) is 244 Å². The van der Waals surface area contributed by atoms with Crippen molar-refractivity contribution >= 4 is 13.7 Å². The first-order chi connectivity index (χ1) is 27.0. The van der Waals surface area contributed by atoms with Gasteiger partial charge in [-0.3, -0.25) is 13.8 Å². The number of nitrogens with one attached hydrogen (secondary N) is 1. The van der Waals surface area contributed by atoms with Crippen LogP contribution in [-0.2, 0) is 18.4 Å². The highest BCUT2D eigenvalue weighted by Crippen LogP contribution is 2.43. The Kier molecular flexibility index (Phi) is 39.1. The molecule has 0 aliphatic rings. The predicted molar refractivity (Wildman–Crippen MR) is 240 cm³/mol. The van der Waals surface area contributed by atoms with Gasteiger partial charge in [0.15, 0.2) is 0 Å². The molecular weight excluding hydrogens is 719 g/mol. The maximum Gasteiger partial charge on any atom is 0.472 e. The Morgan fingerprint density at radius 3 is 1.38 bits per heavy atom. The summed E-state index contributed by atoms with van der Waals surface area (Å²) in [7, 11) is 1.61. The largest absolute Gasteiger partial charge is 0.472 e. The molecule has 0 saturated carbocycles. The molecular formula is C47H96N2O6P+. The molecule has 0 fully saturated rings. The van der Waals surface area contributed by atoms with E-state index in [1.807, 2.05) is 21.1 Å². The van der Waals surface area contributed by atoms with Crippen LogP contribution in [0.3, 0.4) is 0 Å². The van der Waals surface area contributed by atoms with E-state index in [0.29, 0.717) is 23.9 Å². The first-order valence-corrected chi connectivity index (χ1v) is 25.5. The summed E-state index contributed by atoms with van der Waals surface area (Å²) >= 11 is 0. The van der Waals surface area contributed by atoms with Crippen LogP contribution in [0.15, 0.2) is 12.2 Å². The lowest BCUT2D eigenvalue weighted by Gasteiger charge is -2.26. The number of hydrogen-bond acceptors (Lipinski definition) is 5. The Morgan fingerprint density at radius 2 is 0.964 bits per heavy atom. The lowest BCUT2D eigenvalue weighted by molar-refractivity contribution is -0.870. The molecule has 8 nitrogen and oxygen atoms in total. The van der Waals surface area contributed by atoms with Crippen molar-refractivity contribution in [3.05, 3.63) is 12.2 Å². The number of aliphatic hydroxyl groups is 1. The average molecular weight is 816 g/mol. The topological polar surface area (TPSA) is 105 Å². The molecule has 3 N–H and O–H groups in total. The second-order valence-electron chi connectivity index (χ2n) is 17.8. The van der Waals surface area contributed by atoms with E-state index < -0.39 is 20.0 Å². The number of rotatable bonds is 44. The van der Waals surface area contributed by atoms with Crippen LogP contribution in [0, 0.1) is 0 Å². The van der Waals surface area contributed by atoms with E-state index in [4.69, 9.17) is 9.05 Å². The van der Waals surface area contributed by atoms with E-state index in [1.165, 1.54) is 161 Å². The summed E-state index contributed by atoms with van der Waals surface area (Å²) in [4.78, 5) is 23.2. The number of likely N-dealkylation sites (N-methyl/N-ethyl adjacent to an activating group) is 1. The lowest BCUT2D eigenvalue weighted by atomic mass is 10.0. The summed E-state index contributed by atoms with van der Waals surface area (Å²) < 4.78 is 23.7. The fraction of sp³-hybridized carbons (Fsp3) is 0.936. The monoisotopic (exact) mass is 816 g/mol. The Bertz CT molecular complexity index is 927. The number of carbonyl (C=O) groups is 1. The molecule has 0 spiro atoms. The molecule has 9 heteroatoms. The number of nitrogens with zero attached hydrogens (tertiary/aromatic N) is 1. The maximum absolute atomic E-state index is 12.9. The molecule has 0 aliphatic heterocycles. The summed E-state index contributed by atoms with van der Waals surface area (Å²) in [5.41, 5.74) is 0. The zero-order valence-corrected chi connectivity index (χ0v) is 38.8. The third-order valence-corrected chi connectivity index (χ3v) is 12.0. The van der Waals surface area contributed by atoms with Crippen LogP contribution in [0.25, 0.3) is 0 Å². The Morgan fingerprint density at radius 1 is 0.589 bits per heavy atom. The van der Waals surface area contributed by atoms with Gasteiger partial charge < -0.3 is 19.8 Å².